The molecule has 0 amide bonds. The first-order valence-electron chi connectivity index (χ1n) is 5.94. The average Bonchev–Trinajstić information content (AvgIpc) is 2.75. The van der Waals surface area contributed by atoms with E-state index >= 15 is 0 Å². The van der Waals surface area contributed by atoms with Crippen LogP contribution in [-0.2, 0) is 12.3 Å². The van der Waals surface area contributed by atoms with E-state index in [1.54, 1.807) is 11.3 Å². The minimum absolute atomic E-state index is 0.00408. The highest BCUT2D eigenvalue weighted by atomic mass is 32.2. The fraction of sp³-hybridized carbons (Fsp3) is 0.500. The van der Waals surface area contributed by atoms with Crippen LogP contribution in [0.25, 0.3) is 0 Å². The van der Waals surface area contributed by atoms with Gasteiger partial charge in [-0.05, 0) is 31.1 Å². The number of nitrogens with one attached hydrogen (secondary N) is 3. The standard InChI is InChI=1S/C12H21N5S2/c1-17(2)6-10-5-9(8-19-10)7-18-4-3-16-12(15)11(13)14/h5,8H,3-4,6-7H2,1-2H3,(H3,13,14)(H2,15,16). The molecule has 0 radical (unpaired) electrons. The van der Waals surface area contributed by atoms with Crippen molar-refractivity contribution < 1.29 is 0 Å². The summed E-state index contributed by atoms with van der Waals surface area (Å²) in [6, 6.07) is 2.25. The maximum absolute atomic E-state index is 7.34. The molecule has 5 nitrogen and oxygen atoms in total. The summed E-state index contributed by atoms with van der Waals surface area (Å²) in [7, 11) is 4.15. The zero-order valence-electron chi connectivity index (χ0n) is 11.3. The molecule has 0 spiro atoms. The van der Waals surface area contributed by atoms with E-state index in [9.17, 15) is 0 Å². The Bertz CT molecular complexity index is 428. The van der Waals surface area contributed by atoms with Gasteiger partial charge in [-0.15, -0.1) is 11.3 Å². The topological polar surface area (TPSA) is 89.0 Å². The van der Waals surface area contributed by atoms with Gasteiger partial charge in [0.2, 0.25) is 0 Å². The van der Waals surface area contributed by atoms with Gasteiger partial charge in [-0.1, -0.05) is 0 Å². The van der Waals surface area contributed by atoms with E-state index in [1.165, 1.54) is 10.4 Å². The molecule has 0 aliphatic heterocycles. The molecule has 0 atom stereocenters. The molecule has 1 rings (SSSR count). The minimum atomic E-state index is -0.212. The fourth-order valence-corrected chi connectivity index (χ4v) is 3.33. The normalized spacial score (nSPS) is 10.7. The van der Waals surface area contributed by atoms with Gasteiger partial charge < -0.3 is 16.0 Å². The summed E-state index contributed by atoms with van der Waals surface area (Å²) in [6.45, 7) is 1.66. The van der Waals surface area contributed by atoms with Crippen LogP contribution in [0.15, 0.2) is 11.4 Å². The number of nitrogens with two attached hydrogens (primary N) is 1. The number of rotatable bonds is 7. The lowest BCUT2D eigenvalue weighted by Gasteiger charge is -2.06. The summed E-state index contributed by atoms with van der Waals surface area (Å²) in [5.74, 6) is 1.67. The lowest BCUT2D eigenvalue weighted by molar-refractivity contribution is 0.406. The molecule has 1 heterocycles. The molecule has 0 unspecified atom stereocenters. The molecular formula is C12H21N5S2. The summed E-state index contributed by atoms with van der Waals surface area (Å²) < 4.78 is 0. The third kappa shape index (κ3) is 6.60. The first kappa shape index (κ1) is 16.0. The number of hydrogen-bond donors (Lipinski definition) is 4. The Labute approximate surface area is 122 Å². The summed E-state index contributed by atoms with van der Waals surface area (Å²) in [6.07, 6.45) is 0. The first-order valence-corrected chi connectivity index (χ1v) is 7.98. The van der Waals surface area contributed by atoms with Crippen LogP contribution >= 0.6 is 23.1 Å². The molecule has 19 heavy (non-hydrogen) atoms. The summed E-state index contributed by atoms with van der Waals surface area (Å²) in [4.78, 5) is 3.55. The summed E-state index contributed by atoms with van der Waals surface area (Å²) in [5, 5.41) is 19.4. The number of amidine groups is 2. The number of hydrogen-bond acceptors (Lipinski definition) is 5. The molecule has 0 bridgehead atoms. The molecule has 106 valence electrons. The molecule has 7 heteroatoms. The predicted octanol–water partition coefficient (Wildman–Crippen LogP) is 1.55. The second kappa shape index (κ2) is 8.19. The minimum Gasteiger partial charge on any atom is -0.381 e. The largest absolute Gasteiger partial charge is 0.381 e. The van der Waals surface area contributed by atoms with Crippen molar-refractivity contribution in [3.63, 3.8) is 0 Å². The zero-order chi connectivity index (χ0) is 14.3. The quantitative estimate of drug-likeness (QED) is 0.349. The maximum atomic E-state index is 7.34. The van der Waals surface area contributed by atoms with Crippen LogP contribution < -0.4 is 11.1 Å². The van der Waals surface area contributed by atoms with Gasteiger partial charge in [-0.2, -0.15) is 11.8 Å². The molecule has 1 aromatic heterocycles. The smallest absolute Gasteiger partial charge is 0.160 e. The van der Waals surface area contributed by atoms with Crippen molar-refractivity contribution in [1.29, 1.82) is 10.8 Å². The van der Waals surface area contributed by atoms with E-state index in [1.807, 2.05) is 11.8 Å². The van der Waals surface area contributed by atoms with Crippen LogP contribution in [0.1, 0.15) is 10.4 Å². The van der Waals surface area contributed by atoms with Crippen molar-refractivity contribution >= 4 is 34.8 Å². The molecule has 0 saturated heterocycles. The Hall–Kier alpha value is -1.05. The van der Waals surface area contributed by atoms with E-state index in [-0.39, 0.29) is 11.7 Å². The Morgan fingerprint density at radius 1 is 1.47 bits per heavy atom. The molecule has 1 aromatic rings. The van der Waals surface area contributed by atoms with Crippen LogP contribution in [0.5, 0.6) is 0 Å². The van der Waals surface area contributed by atoms with Crippen molar-refractivity contribution in [3.8, 4) is 0 Å². The Morgan fingerprint density at radius 2 is 2.21 bits per heavy atom. The van der Waals surface area contributed by atoms with Crippen LogP contribution in [0, 0.1) is 10.8 Å². The van der Waals surface area contributed by atoms with Crippen molar-refractivity contribution in [1.82, 2.24) is 10.2 Å². The van der Waals surface area contributed by atoms with Gasteiger partial charge in [0.1, 0.15) is 0 Å². The van der Waals surface area contributed by atoms with Gasteiger partial charge in [-0.25, -0.2) is 0 Å². The van der Waals surface area contributed by atoms with Crippen molar-refractivity contribution in [2.45, 2.75) is 12.3 Å². The van der Waals surface area contributed by atoms with Crippen LogP contribution in [0.2, 0.25) is 0 Å². The number of thiophene rings is 1. The third-order valence-corrected chi connectivity index (χ3v) is 4.27. The highest BCUT2D eigenvalue weighted by molar-refractivity contribution is 7.98. The highest BCUT2D eigenvalue weighted by Crippen LogP contribution is 2.20. The Morgan fingerprint density at radius 3 is 2.84 bits per heavy atom. The summed E-state index contributed by atoms with van der Waals surface area (Å²) >= 11 is 3.62. The van der Waals surface area contributed by atoms with Crippen molar-refractivity contribution in [2.75, 3.05) is 26.4 Å². The predicted molar refractivity (Wildman–Crippen MR) is 85.5 cm³/mol. The number of nitrogens with zero attached hydrogens (tertiary/aromatic N) is 1. The molecular weight excluding hydrogens is 278 g/mol. The highest BCUT2D eigenvalue weighted by Gasteiger charge is 2.02. The van der Waals surface area contributed by atoms with Gasteiger partial charge in [0.25, 0.3) is 0 Å². The van der Waals surface area contributed by atoms with E-state index in [0.29, 0.717) is 6.54 Å². The SMILES string of the molecule is CN(C)Cc1cc(CSCCNC(=N)C(=N)N)cs1. The van der Waals surface area contributed by atoms with Gasteiger partial charge in [0.05, 0.1) is 0 Å². The first-order chi connectivity index (χ1) is 8.99. The zero-order valence-corrected chi connectivity index (χ0v) is 13.0. The van der Waals surface area contributed by atoms with Gasteiger partial charge in [0.15, 0.2) is 11.7 Å². The molecule has 0 aliphatic rings. The van der Waals surface area contributed by atoms with Crippen molar-refractivity contribution in [3.05, 3.63) is 21.9 Å². The Balaban J connectivity index is 2.17. The van der Waals surface area contributed by atoms with Gasteiger partial charge in [-0.3, -0.25) is 10.8 Å². The lowest BCUT2D eigenvalue weighted by atomic mass is 10.3. The Kier molecular flexibility index (Phi) is 6.90. The van der Waals surface area contributed by atoms with E-state index in [4.69, 9.17) is 16.6 Å². The lowest BCUT2D eigenvalue weighted by Crippen LogP contribution is -2.36. The maximum Gasteiger partial charge on any atom is 0.160 e. The third-order valence-electron chi connectivity index (χ3n) is 2.27. The second-order valence-corrected chi connectivity index (χ2v) is 6.53. The molecule has 5 N–H and O–H groups in total. The monoisotopic (exact) mass is 299 g/mol. The molecule has 0 fully saturated rings. The van der Waals surface area contributed by atoms with Gasteiger partial charge in [0, 0.05) is 29.5 Å². The fourth-order valence-electron chi connectivity index (χ4n) is 1.43. The number of thioether (sulfide) groups is 1. The van der Waals surface area contributed by atoms with Gasteiger partial charge >= 0.3 is 0 Å². The van der Waals surface area contributed by atoms with E-state index in [0.717, 1.165) is 18.1 Å². The summed E-state index contributed by atoms with van der Waals surface area (Å²) in [5.41, 5.74) is 6.53. The van der Waals surface area contributed by atoms with Crippen molar-refractivity contribution in [2.24, 2.45) is 5.73 Å². The van der Waals surface area contributed by atoms with Crippen LogP contribution in [0.3, 0.4) is 0 Å². The second-order valence-electron chi connectivity index (χ2n) is 4.43. The molecule has 0 aliphatic carbocycles. The average molecular weight is 299 g/mol. The van der Waals surface area contributed by atoms with E-state index < -0.39 is 0 Å². The molecule has 0 aromatic carbocycles. The molecule has 0 saturated carbocycles. The van der Waals surface area contributed by atoms with E-state index in [2.05, 4.69) is 35.8 Å². The van der Waals surface area contributed by atoms with Crippen LogP contribution in [0.4, 0.5) is 0 Å². The van der Waals surface area contributed by atoms with Crippen LogP contribution in [-0.4, -0.2) is 43.0 Å².